The Balaban J connectivity index is 1.84. The van der Waals surface area contributed by atoms with Gasteiger partial charge in [0.25, 0.3) is 0 Å². The van der Waals surface area contributed by atoms with Gasteiger partial charge >= 0.3 is 0 Å². The summed E-state index contributed by atoms with van der Waals surface area (Å²) in [6, 6.07) is 0. The highest BCUT2D eigenvalue weighted by molar-refractivity contribution is 8.14. The van der Waals surface area contributed by atoms with Crippen LogP contribution < -0.4 is 0 Å². The molecule has 0 unspecified atom stereocenters. The fourth-order valence-corrected chi connectivity index (χ4v) is 8.19. The maximum Gasteiger partial charge on any atom is 0.222 e. The Hall–Kier alpha value is -0.760. The van der Waals surface area contributed by atoms with Gasteiger partial charge in [0.15, 0.2) is 11.5 Å². The number of alkyl halides is 3. The van der Waals surface area contributed by atoms with Crippen molar-refractivity contribution in [3.05, 3.63) is 23.8 Å². The molecule has 0 spiro atoms. The van der Waals surface area contributed by atoms with Gasteiger partial charge in [0, 0.05) is 16.7 Å². The second kappa shape index (κ2) is 6.87. The molecule has 9 atom stereocenters. The third-order valence-electron chi connectivity index (χ3n) is 8.71. The molecular formula is C22H27ClF2O4S. The average molecular weight is 461 g/mol. The number of hydrogen-bond acceptors (Lipinski definition) is 5. The van der Waals surface area contributed by atoms with Crippen molar-refractivity contribution < 1.29 is 28.6 Å². The van der Waals surface area contributed by atoms with E-state index < -0.39 is 63.0 Å². The van der Waals surface area contributed by atoms with E-state index in [0.717, 1.165) is 17.8 Å². The van der Waals surface area contributed by atoms with Crippen molar-refractivity contribution in [1.82, 2.24) is 0 Å². The molecule has 0 saturated heterocycles. The zero-order chi connectivity index (χ0) is 22.3. The first-order chi connectivity index (χ1) is 13.9. The summed E-state index contributed by atoms with van der Waals surface area (Å²) >= 11 is 6.53. The van der Waals surface area contributed by atoms with E-state index in [1.165, 1.54) is 19.1 Å². The number of hydrogen-bond donors (Lipinski definition) is 2. The van der Waals surface area contributed by atoms with Crippen LogP contribution in [0.4, 0.5) is 8.78 Å². The molecule has 8 heteroatoms. The van der Waals surface area contributed by atoms with Crippen molar-refractivity contribution in [2.24, 2.45) is 28.6 Å². The van der Waals surface area contributed by atoms with Crippen LogP contribution in [0.25, 0.3) is 0 Å². The van der Waals surface area contributed by atoms with E-state index in [2.05, 4.69) is 0 Å². The van der Waals surface area contributed by atoms with E-state index in [1.54, 1.807) is 13.8 Å². The van der Waals surface area contributed by atoms with Crippen LogP contribution in [-0.4, -0.2) is 49.9 Å². The highest BCUT2D eigenvalue weighted by atomic mass is 35.5. The third kappa shape index (κ3) is 2.46. The molecule has 0 radical (unpaired) electrons. The summed E-state index contributed by atoms with van der Waals surface area (Å²) in [4.78, 5) is 24.7. The minimum Gasteiger partial charge on any atom is -0.390 e. The molecule has 4 aliphatic rings. The van der Waals surface area contributed by atoms with Crippen LogP contribution in [0.15, 0.2) is 23.8 Å². The largest absolute Gasteiger partial charge is 0.390 e. The second-order valence-corrected chi connectivity index (χ2v) is 11.3. The van der Waals surface area contributed by atoms with Crippen molar-refractivity contribution in [1.29, 1.82) is 0 Å². The lowest BCUT2D eigenvalue weighted by molar-refractivity contribution is -0.221. The SMILES string of the molecule is C[C@@H]1C[C@H]2[C@@H]3C[C@H](F)C4=CC(=O)C=C[C@]4(C)[C@@]3(F)[C@@H](O)C[C@]2(C)[C@@]1(O)C(=O)SCCl. The summed E-state index contributed by atoms with van der Waals surface area (Å²) in [5.74, 6) is -2.30. The molecule has 0 aliphatic heterocycles. The van der Waals surface area contributed by atoms with Gasteiger partial charge < -0.3 is 10.2 Å². The van der Waals surface area contributed by atoms with Gasteiger partial charge in [-0.25, -0.2) is 8.78 Å². The van der Waals surface area contributed by atoms with Crippen LogP contribution in [0, 0.1) is 28.6 Å². The number of aliphatic hydroxyl groups is 2. The van der Waals surface area contributed by atoms with Crippen LogP contribution in [0.3, 0.4) is 0 Å². The minimum absolute atomic E-state index is 0.0226. The lowest BCUT2D eigenvalue weighted by Gasteiger charge is -2.63. The summed E-state index contributed by atoms with van der Waals surface area (Å²) in [7, 11) is 0. The molecule has 4 aliphatic carbocycles. The topological polar surface area (TPSA) is 74.6 Å². The van der Waals surface area contributed by atoms with E-state index in [4.69, 9.17) is 11.6 Å². The fraction of sp³-hybridized carbons (Fsp3) is 0.727. The number of ketones is 1. The molecule has 0 aromatic heterocycles. The molecule has 4 rings (SSSR count). The van der Waals surface area contributed by atoms with Crippen molar-refractivity contribution in [3.8, 4) is 0 Å². The van der Waals surface area contributed by atoms with E-state index in [-0.39, 0.29) is 23.6 Å². The van der Waals surface area contributed by atoms with Gasteiger partial charge in [0.05, 0.1) is 11.3 Å². The molecule has 0 bridgehead atoms. The monoisotopic (exact) mass is 460 g/mol. The number of allylic oxidation sites excluding steroid dienone is 4. The van der Waals surface area contributed by atoms with Crippen LogP contribution in [0.1, 0.15) is 40.0 Å². The van der Waals surface area contributed by atoms with Gasteiger partial charge in [-0.15, -0.1) is 11.6 Å². The number of rotatable bonds is 2. The van der Waals surface area contributed by atoms with E-state index in [1.807, 2.05) is 0 Å². The first-order valence-corrected chi connectivity index (χ1v) is 11.8. The van der Waals surface area contributed by atoms with Gasteiger partial charge in [0.1, 0.15) is 11.8 Å². The van der Waals surface area contributed by atoms with Crippen molar-refractivity contribution in [2.75, 3.05) is 5.21 Å². The Bertz CT molecular complexity index is 864. The van der Waals surface area contributed by atoms with Gasteiger partial charge in [-0.2, -0.15) is 0 Å². The number of carbonyl (C=O) groups is 2. The Morgan fingerprint density at radius 2 is 2.00 bits per heavy atom. The molecule has 30 heavy (non-hydrogen) atoms. The van der Waals surface area contributed by atoms with E-state index in [9.17, 15) is 19.8 Å². The normalized spacial score (nSPS) is 52.3. The third-order valence-corrected chi connectivity index (χ3v) is 9.72. The molecule has 0 aromatic rings. The smallest absolute Gasteiger partial charge is 0.222 e. The Kier molecular flexibility index (Phi) is 5.14. The standard InChI is InChI=1S/C22H27ClF2O4S/c1-11-6-13-14-8-16(24)15-7-12(26)4-5-19(15,2)21(14,25)17(27)9-20(13,3)22(11,29)18(28)30-10-23/h4-5,7,11,13-14,16-17,27,29H,6,8-10H2,1-3H3/t11-,13+,14+,16+,17+,19+,20+,21+,22+/m1/s1. The summed E-state index contributed by atoms with van der Waals surface area (Å²) in [6.07, 6.45) is 0.699. The predicted octanol–water partition coefficient (Wildman–Crippen LogP) is 3.74. The first-order valence-electron chi connectivity index (χ1n) is 10.3. The number of halogens is 3. The number of carbonyl (C=O) groups excluding carboxylic acids is 2. The first kappa shape index (κ1) is 22.4. The summed E-state index contributed by atoms with van der Waals surface area (Å²) in [6.45, 7) is 4.98. The molecular weight excluding hydrogens is 434 g/mol. The molecule has 4 nitrogen and oxygen atoms in total. The van der Waals surface area contributed by atoms with Crippen LogP contribution in [-0.2, 0) is 9.59 Å². The zero-order valence-electron chi connectivity index (χ0n) is 17.2. The van der Waals surface area contributed by atoms with Crippen LogP contribution >= 0.6 is 23.4 Å². The van der Waals surface area contributed by atoms with Crippen molar-refractivity contribution >= 4 is 34.3 Å². The Morgan fingerprint density at radius 3 is 2.63 bits per heavy atom. The highest BCUT2D eigenvalue weighted by Crippen LogP contribution is 2.71. The van der Waals surface area contributed by atoms with Gasteiger partial charge in [-0.3, -0.25) is 9.59 Å². The van der Waals surface area contributed by atoms with E-state index >= 15 is 8.78 Å². The lowest BCUT2D eigenvalue weighted by atomic mass is 9.44. The summed E-state index contributed by atoms with van der Waals surface area (Å²) in [5, 5.41) is 22.2. The highest BCUT2D eigenvalue weighted by Gasteiger charge is 2.76. The van der Waals surface area contributed by atoms with Crippen molar-refractivity contribution in [2.45, 2.75) is 63.6 Å². The van der Waals surface area contributed by atoms with E-state index in [0.29, 0.717) is 6.42 Å². The predicted molar refractivity (Wildman–Crippen MR) is 111 cm³/mol. The number of fused-ring (bicyclic) bond motifs is 5. The summed E-state index contributed by atoms with van der Waals surface area (Å²) in [5.41, 5.74) is -6.53. The van der Waals surface area contributed by atoms with Crippen LogP contribution in [0.5, 0.6) is 0 Å². The minimum atomic E-state index is -2.21. The van der Waals surface area contributed by atoms with Crippen LogP contribution in [0.2, 0.25) is 0 Å². The Labute approximate surface area is 184 Å². The molecule has 2 N–H and O–H groups in total. The molecule has 0 aromatic carbocycles. The number of aliphatic hydroxyl groups excluding tert-OH is 1. The average Bonchev–Trinajstić information content (AvgIpc) is 2.88. The zero-order valence-corrected chi connectivity index (χ0v) is 18.8. The molecule has 0 amide bonds. The van der Waals surface area contributed by atoms with Gasteiger partial charge in [-0.05, 0) is 55.7 Å². The molecule has 3 fully saturated rings. The second-order valence-electron chi connectivity index (χ2n) is 9.80. The van der Waals surface area contributed by atoms with Gasteiger partial charge in [-0.1, -0.05) is 31.7 Å². The molecule has 0 heterocycles. The maximum absolute atomic E-state index is 17.0. The fourth-order valence-electron chi connectivity index (χ4n) is 7.13. The lowest BCUT2D eigenvalue weighted by Crippen LogP contribution is -2.70. The molecule has 3 saturated carbocycles. The Morgan fingerprint density at radius 1 is 1.33 bits per heavy atom. The maximum atomic E-state index is 17.0. The number of thioether (sulfide) groups is 1. The van der Waals surface area contributed by atoms with Crippen molar-refractivity contribution in [3.63, 3.8) is 0 Å². The molecule has 166 valence electrons. The quantitative estimate of drug-likeness (QED) is 0.614. The van der Waals surface area contributed by atoms with Gasteiger partial charge in [0.2, 0.25) is 5.12 Å². The summed E-state index contributed by atoms with van der Waals surface area (Å²) < 4.78 is 32.3.